The van der Waals surface area contributed by atoms with Crippen molar-refractivity contribution in [1.82, 2.24) is 20.3 Å². The summed E-state index contributed by atoms with van der Waals surface area (Å²) in [5.74, 6) is 0.615. The molecule has 0 aliphatic rings. The molecule has 3 aromatic rings. The number of H-pyrrole nitrogens is 1. The number of nitrogens with zero attached hydrogens (tertiary/aromatic N) is 2. The van der Waals surface area contributed by atoms with Crippen molar-refractivity contribution in [3.8, 4) is 11.5 Å². The molecule has 1 amide bonds. The van der Waals surface area contributed by atoms with Gasteiger partial charge >= 0.3 is 0 Å². The maximum Gasteiger partial charge on any atom is 0.251 e. The van der Waals surface area contributed by atoms with E-state index in [-0.39, 0.29) is 5.91 Å². The molecule has 96 valence electrons. The summed E-state index contributed by atoms with van der Waals surface area (Å²) in [5, 5.41) is 5.57. The van der Waals surface area contributed by atoms with E-state index in [0.717, 1.165) is 27.6 Å². The van der Waals surface area contributed by atoms with Crippen LogP contribution in [0.3, 0.4) is 0 Å². The number of aromatic nitrogens is 3. The molecule has 2 N–H and O–H groups in total. The molecule has 6 heteroatoms. The summed E-state index contributed by atoms with van der Waals surface area (Å²) in [7, 11) is 1.61. The largest absolute Gasteiger partial charge is 0.355 e. The minimum absolute atomic E-state index is 0.115. The number of imidazole rings is 1. The molecular weight excluding hydrogens is 260 g/mol. The number of fused-ring (bicyclic) bond motifs is 1. The number of thiazole rings is 1. The summed E-state index contributed by atoms with van der Waals surface area (Å²) in [6.45, 7) is 1.96. The Bertz CT molecular complexity index is 759. The van der Waals surface area contributed by atoms with Crippen molar-refractivity contribution in [3.05, 3.63) is 34.2 Å². The average Bonchev–Trinajstić information content (AvgIpc) is 3.02. The summed E-state index contributed by atoms with van der Waals surface area (Å²) >= 11 is 1.59. The molecule has 0 saturated carbocycles. The molecule has 0 radical (unpaired) electrons. The predicted molar refractivity (Wildman–Crippen MR) is 75.3 cm³/mol. The second-order valence-corrected chi connectivity index (χ2v) is 5.21. The molecule has 0 saturated heterocycles. The lowest BCUT2D eigenvalue weighted by molar-refractivity contribution is 0.0963. The number of nitrogens with one attached hydrogen (secondary N) is 2. The quantitative estimate of drug-likeness (QED) is 0.752. The highest BCUT2D eigenvalue weighted by Crippen LogP contribution is 2.22. The molecule has 0 fully saturated rings. The highest BCUT2D eigenvalue weighted by molar-refractivity contribution is 7.09. The number of rotatable bonds is 2. The van der Waals surface area contributed by atoms with Gasteiger partial charge < -0.3 is 10.3 Å². The monoisotopic (exact) mass is 272 g/mol. The van der Waals surface area contributed by atoms with Gasteiger partial charge in [0.05, 0.1) is 16.0 Å². The summed E-state index contributed by atoms with van der Waals surface area (Å²) in [5.41, 5.74) is 3.10. The van der Waals surface area contributed by atoms with E-state index in [4.69, 9.17) is 0 Å². The van der Waals surface area contributed by atoms with E-state index in [1.165, 1.54) is 0 Å². The van der Waals surface area contributed by atoms with Crippen molar-refractivity contribution in [2.45, 2.75) is 6.92 Å². The third-order valence-corrected chi connectivity index (χ3v) is 3.61. The Kier molecular flexibility index (Phi) is 2.79. The van der Waals surface area contributed by atoms with Crippen LogP contribution in [0.4, 0.5) is 0 Å². The van der Waals surface area contributed by atoms with Gasteiger partial charge in [0.2, 0.25) is 0 Å². The number of hydrogen-bond acceptors (Lipinski definition) is 4. The van der Waals surface area contributed by atoms with E-state index >= 15 is 0 Å². The van der Waals surface area contributed by atoms with Crippen molar-refractivity contribution in [3.63, 3.8) is 0 Å². The third-order valence-electron chi connectivity index (χ3n) is 2.83. The van der Waals surface area contributed by atoms with Gasteiger partial charge in [-0.3, -0.25) is 4.79 Å². The van der Waals surface area contributed by atoms with Crippen LogP contribution in [0.2, 0.25) is 0 Å². The second kappa shape index (κ2) is 4.47. The van der Waals surface area contributed by atoms with Crippen molar-refractivity contribution >= 4 is 28.3 Å². The topological polar surface area (TPSA) is 70.7 Å². The van der Waals surface area contributed by atoms with E-state index in [9.17, 15) is 4.79 Å². The Labute approximate surface area is 113 Å². The molecule has 1 aromatic carbocycles. The summed E-state index contributed by atoms with van der Waals surface area (Å²) < 4.78 is 0. The lowest BCUT2D eigenvalue weighted by Gasteiger charge is -1.97. The number of carbonyl (C=O) groups excluding carboxylic acids is 1. The normalized spacial score (nSPS) is 10.8. The summed E-state index contributed by atoms with van der Waals surface area (Å²) in [4.78, 5) is 23.7. The average molecular weight is 272 g/mol. The van der Waals surface area contributed by atoms with Gasteiger partial charge in [-0.05, 0) is 25.1 Å². The second-order valence-electron chi connectivity index (χ2n) is 4.15. The Balaban J connectivity index is 2.08. The van der Waals surface area contributed by atoms with Gasteiger partial charge in [0.1, 0.15) is 5.69 Å². The Morgan fingerprint density at radius 2 is 2.21 bits per heavy atom. The minimum Gasteiger partial charge on any atom is -0.355 e. The van der Waals surface area contributed by atoms with E-state index in [1.807, 2.05) is 18.4 Å². The third kappa shape index (κ3) is 2.10. The SMILES string of the molecule is CNC(=O)c1ccc2[nH]c(-c3csc(C)n3)nc2c1. The molecule has 2 heterocycles. The zero-order chi connectivity index (χ0) is 13.4. The van der Waals surface area contributed by atoms with Gasteiger partial charge in [-0.2, -0.15) is 0 Å². The minimum atomic E-state index is -0.115. The van der Waals surface area contributed by atoms with Crippen LogP contribution in [0, 0.1) is 6.92 Å². The first-order chi connectivity index (χ1) is 9.17. The van der Waals surface area contributed by atoms with Crippen molar-refractivity contribution < 1.29 is 4.79 Å². The van der Waals surface area contributed by atoms with Gasteiger partial charge in [-0.25, -0.2) is 9.97 Å². The fourth-order valence-electron chi connectivity index (χ4n) is 1.88. The molecule has 0 aliphatic carbocycles. The van der Waals surface area contributed by atoms with E-state index < -0.39 is 0 Å². The van der Waals surface area contributed by atoms with Crippen LogP contribution in [0.25, 0.3) is 22.6 Å². The first kappa shape index (κ1) is 11.9. The molecule has 2 aromatic heterocycles. The molecule has 0 spiro atoms. The lowest BCUT2D eigenvalue weighted by Crippen LogP contribution is -2.17. The molecule has 0 unspecified atom stereocenters. The van der Waals surface area contributed by atoms with Gasteiger partial charge in [0.15, 0.2) is 5.82 Å². The maximum absolute atomic E-state index is 11.6. The number of carbonyl (C=O) groups is 1. The lowest BCUT2D eigenvalue weighted by atomic mass is 10.2. The molecule has 19 heavy (non-hydrogen) atoms. The fraction of sp³-hybridized carbons (Fsp3) is 0.154. The highest BCUT2D eigenvalue weighted by Gasteiger charge is 2.10. The Morgan fingerprint density at radius 3 is 2.89 bits per heavy atom. The summed E-state index contributed by atoms with van der Waals surface area (Å²) in [6.07, 6.45) is 0. The summed E-state index contributed by atoms with van der Waals surface area (Å²) in [6, 6.07) is 5.40. The maximum atomic E-state index is 11.6. The molecule has 5 nitrogen and oxygen atoms in total. The van der Waals surface area contributed by atoms with Gasteiger partial charge in [-0.1, -0.05) is 0 Å². The Hall–Kier alpha value is -2.21. The van der Waals surface area contributed by atoms with Crippen LogP contribution in [-0.2, 0) is 0 Å². The van der Waals surface area contributed by atoms with E-state index in [2.05, 4.69) is 20.3 Å². The first-order valence-corrected chi connectivity index (χ1v) is 6.69. The molecule has 0 aliphatic heterocycles. The molecule has 0 bridgehead atoms. The fourth-order valence-corrected chi connectivity index (χ4v) is 2.48. The number of amides is 1. The molecule has 0 atom stereocenters. The van der Waals surface area contributed by atoms with Crippen LogP contribution in [-0.4, -0.2) is 27.9 Å². The van der Waals surface area contributed by atoms with Crippen LogP contribution in [0.5, 0.6) is 0 Å². The number of benzene rings is 1. The number of aryl methyl sites for hydroxylation is 1. The van der Waals surface area contributed by atoms with Crippen LogP contribution in [0.15, 0.2) is 23.6 Å². The number of hydrogen-bond donors (Lipinski definition) is 2. The predicted octanol–water partition coefficient (Wildman–Crippen LogP) is 2.35. The van der Waals surface area contributed by atoms with Gasteiger partial charge in [0, 0.05) is 18.0 Å². The molecular formula is C13H12N4OS. The van der Waals surface area contributed by atoms with Crippen molar-refractivity contribution in [1.29, 1.82) is 0 Å². The zero-order valence-corrected chi connectivity index (χ0v) is 11.3. The van der Waals surface area contributed by atoms with Gasteiger partial charge in [0.25, 0.3) is 5.91 Å². The van der Waals surface area contributed by atoms with Crippen LogP contribution in [0.1, 0.15) is 15.4 Å². The van der Waals surface area contributed by atoms with Crippen LogP contribution >= 0.6 is 11.3 Å². The zero-order valence-electron chi connectivity index (χ0n) is 10.5. The van der Waals surface area contributed by atoms with Crippen molar-refractivity contribution in [2.24, 2.45) is 0 Å². The van der Waals surface area contributed by atoms with E-state index in [0.29, 0.717) is 5.56 Å². The smallest absolute Gasteiger partial charge is 0.251 e. The number of aromatic amines is 1. The Morgan fingerprint density at radius 1 is 1.37 bits per heavy atom. The van der Waals surface area contributed by atoms with Crippen molar-refractivity contribution in [2.75, 3.05) is 7.05 Å². The first-order valence-electron chi connectivity index (χ1n) is 5.82. The van der Waals surface area contributed by atoms with Gasteiger partial charge in [-0.15, -0.1) is 11.3 Å². The standard InChI is InChI=1S/C13H12N4OS/c1-7-15-11(6-19-7)12-16-9-4-3-8(13(18)14-2)5-10(9)17-12/h3-6H,1-2H3,(H,14,18)(H,16,17). The van der Waals surface area contributed by atoms with Crippen LogP contribution < -0.4 is 5.32 Å². The van der Waals surface area contributed by atoms with E-state index in [1.54, 1.807) is 30.5 Å². The highest BCUT2D eigenvalue weighted by atomic mass is 32.1. The molecule has 3 rings (SSSR count).